The van der Waals surface area contributed by atoms with E-state index in [0.717, 1.165) is 23.5 Å². The van der Waals surface area contributed by atoms with Gasteiger partial charge in [-0.1, -0.05) is 29.8 Å². The topological polar surface area (TPSA) is 53.0 Å². The van der Waals surface area contributed by atoms with Crippen molar-refractivity contribution in [2.24, 2.45) is 0 Å². The van der Waals surface area contributed by atoms with E-state index in [9.17, 15) is 0 Å². The van der Waals surface area contributed by atoms with Crippen LogP contribution in [0.1, 0.15) is 24.0 Å². The van der Waals surface area contributed by atoms with Gasteiger partial charge in [-0.2, -0.15) is 5.26 Å². The highest BCUT2D eigenvalue weighted by Gasteiger charge is 2.29. The predicted octanol–water partition coefficient (Wildman–Crippen LogP) is 3.96. The quantitative estimate of drug-likeness (QED) is 0.869. The van der Waals surface area contributed by atoms with Crippen LogP contribution in [0, 0.1) is 11.3 Å². The maximum Gasteiger partial charge on any atom is 0.101 e. The Bertz CT molecular complexity index is 701. The maximum atomic E-state index is 8.98. The van der Waals surface area contributed by atoms with Gasteiger partial charge in [-0.05, 0) is 42.7 Å². The second kappa shape index (κ2) is 5.67. The average Bonchev–Trinajstić information content (AvgIpc) is 3.31. The van der Waals surface area contributed by atoms with Crippen LogP contribution in [0.5, 0.6) is 0 Å². The van der Waals surface area contributed by atoms with Crippen LogP contribution in [0.15, 0.2) is 42.5 Å². The first-order chi connectivity index (χ1) is 10.2. The molecule has 1 aliphatic rings. The van der Waals surface area contributed by atoms with E-state index < -0.39 is 0 Å². The molecule has 0 spiro atoms. The van der Waals surface area contributed by atoms with Crippen molar-refractivity contribution in [2.75, 3.05) is 10.6 Å². The van der Waals surface area contributed by atoms with Gasteiger partial charge in [0.25, 0.3) is 0 Å². The second-order valence-electron chi connectivity index (χ2n) is 5.33. The molecule has 2 aromatic carbocycles. The lowest BCUT2D eigenvalue weighted by molar-refractivity contribution is 0.796. The third kappa shape index (κ3) is 2.96. The molecule has 0 atom stereocenters. The number of nitriles is 1. The van der Waals surface area contributed by atoms with Crippen LogP contribution in [-0.2, 0) is 6.54 Å². The molecule has 2 N–H and O–H groups in total. The van der Waals surface area contributed by atoms with Gasteiger partial charge in [0.1, 0.15) is 6.07 Å². The van der Waals surface area contributed by atoms with Gasteiger partial charge in [-0.3, -0.25) is 0 Å². The molecule has 0 aromatic heterocycles. The van der Waals surface area contributed by atoms with Crippen molar-refractivity contribution in [3.8, 4) is 6.07 Å². The summed E-state index contributed by atoms with van der Waals surface area (Å²) in [6.45, 7) is 0.763. The standard InChI is InChI=1S/C17H16ClN3/c18-16-9-15(6-5-12(16)10-19)21(14-7-8-14)11-13-3-1-2-4-17(13)20/h1-6,9,14H,7-8,11,20H2. The first kappa shape index (κ1) is 13.8. The highest BCUT2D eigenvalue weighted by Crippen LogP contribution is 2.35. The third-order valence-electron chi connectivity index (χ3n) is 3.79. The Labute approximate surface area is 129 Å². The van der Waals surface area contributed by atoms with E-state index >= 15 is 0 Å². The number of halogens is 1. The van der Waals surface area contributed by atoms with E-state index in [1.54, 1.807) is 6.07 Å². The highest BCUT2D eigenvalue weighted by atomic mass is 35.5. The molecule has 1 saturated carbocycles. The number of nitrogen functional groups attached to an aromatic ring is 1. The first-order valence-electron chi connectivity index (χ1n) is 6.98. The van der Waals surface area contributed by atoms with E-state index in [0.29, 0.717) is 16.6 Å². The Morgan fingerprint density at radius 1 is 1.24 bits per heavy atom. The van der Waals surface area contributed by atoms with Crippen LogP contribution in [0.3, 0.4) is 0 Å². The molecule has 0 unspecified atom stereocenters. The zero-order valence-corrected chi connectivity index (χ0v) is 12.3. The summed E-state index contributed by atoms with van der Waals surface area (Å²) >= 11 is 6.16. The zero-order valence-electron chi connectivity index (χ0n) is 11.6. The molecule has 0 heterocycles. The summed E-state index contributed by atoms with van der Waals surface area (Å²) in [6.07, 6.45) is 2.37. The predicted molar refractivity (Wildman–Crippen MR) is 86.2 cm³/mol. The minimum absolute atomic E-state index is 0.502. The second-order valence-corrected chi connectivity index (χ2v) is 5.74. The molecular formula is C17H16ClN3. The Balaban J connectivity index is 1.90. The van der Waals surface area contributed by atoms with Crippen molar-refractivity contribution < 1.29 is 0 Å². The van der Waals surface area contributed by atoms with Crippen molar-refractivity contribution in [1.82, 2.24) is 0 Å². The Morgan fingerprint density at radius 2 is 2.00 bits per heavy atom. The van der Waals surface area contributed by atoms with Gasteiger partial charge in [0.2, 0.25) is 0 Å². The summed E-state index contributed by atoms with van der Waals surface area (Å²) in [6, 6.07) is 16.2. The molecule has 2 aromatic rings. The largest absolute Gasteiger partial charge is 0.398 e. The Hall–Kier alpha value is -2.18. The van der Waals surface area contributed by atoms with Gasteiger partial charge in [0, 0.05) is 24.0 Å². The van der Waals surface area contributed by atoms with Gasteiger partial charge >= 0.3 is 0 Å². The summed E-state index contributed by atoms with van der Waals surface area (Å²) in [5.74, 6) is 0. The lowest BCUT2D eigenvalue weighted by Crippen LogP contribution is -2.25. The molecule has 21 heavy (non-hydrogen) atoms. The van der Waals surface area contributed by atoms with Gasteiger partial charge < -0.3 is 10.6 Å². The summed E-state index contributed by atoms with van der Waals surface area (Å²) in [4.78, 5) is 2.32. The van der Waals surface area contributed by atoms with Crippen LogP contribution in [0.2, 0.25) is 5.02 Å². The number of para-hydroxylation sites is 1. The molecule has 1 aliphatic carbocycles. The summed E-state index contributed by atoms with van der Waals surface area (Å²) < 4.78 is 0. The lowest BCUT2D eigenvalue weighted by atomic mass is 10.1. The SMILES string of the molecule is N#Cc1ccc(N(Cc2ccccc2N)C2CC2)cc1Cl. The lowest BCUT2D eigenvalue weighted by Gasteiger charge is -2.26. The minimum atomic E-state index is 0.502. The van der Waals surface area contributed by atoms with Crippen molar-refractivity contribution in [2.45, 2.75) is 25.4 Å². The van der Waals surface area contributed by atoms with Crippen LogP contribution < -0.4 is 10.6 Å². The number of benzene rings is 2. The Kier molecular flexibility index (Phi) is 3.72. The van der Waals surface area contributed by atoms with E-state index in [-0.39, 0.29) is 0 Å². The van der Waals surface area contributed by atoms with Gasteiger partial charge in [0.15, 0.2) is 0 Å². The number of hydrogen-bond donors (Lipinski definition) is 1. The van der Waals surface area contributed by atoms with Gasteiger partial charge in [0.05, 0.1) is 10.6 Å². The molecule has 3 nitrogen and oxygen atoms in total. The van der Waals surface area contributed by atoms with Crippen molar-refractivity contribution in [3.05, 3.63) is 58.6 Å². The molecule has 3 rings (SSSR count). The molecule has 0 amide bonds. The molecule has 4 heteroatoms. The van der Waals surface area contributed by atoms with Crippen LogP contribution in [0.4, 0.5) is 11.4 Å². The van der Waals surface area contributed by atoms with E-state index in [2.05, 4.69) is 17.0 Å². The first-order valence-corrected chi connectivity index (χ1v) is 7.36. The smallest absolute Gasteiger partial charge is 0.101 e. The fraction of sp³-hybridized carbons (Fsp3) is 0.235. The van der Waals surface area contributed by atoms with Crippen molar-refractivity contribution >= 4 is 23.0 Å². The molecular weight excluding hydrogens is 282 g/mol. The van der Waals surface area contributed by atoms with Crippen molar-refractivity contribution in [1.29, 1.82) is 5.26 Å². The van der Waals surface area contributed by atoms with Crippen LogP contribution in [-0.4, -0.2) is 6.04 Å². The molecule has 0 saturated heterocycles. The number of anilines is 2. The number of nitrogens with two attached hydrogens (primary N) is 1. The molecule has 0 radical (unpaired) electrons. The van der Waals surface area contributed by atoms with Crippen LogP contribution in [0.25, 0.3) is 0 Å². The third-order valence-corrected chi connectivity index (χ3v) is 4.10. The van der Waals surface area contributed by atoms with Crippen LogP contribution >= 0.6 is 11.6 Å². The fourth-order valence-electron chi connectivity index (χ4n) is 2.45. The summed E-state index contributed by atoms with van der Waals surface area (Å²) in [5.41, 5.74) is 9.53. The number of hydrogen-bond acceptors (Lipinski definition) is 3. The zero-order chi connectivity index (χ0) is 14.8. The summed E-state index contributed by atoms with van der Waals surface area (Å²) in [7, 11) is 0. The van der Waals surface area contributed by atoms with E-state index in [4.69, 9.17) is 22.6 Å². The molecule has 1 fully saturated rings. The maximum absolute atomic E-state index is 8.98. The molecule has 0 aliphatic heterocycles. The number of rotatable bonds is 4. The van der Waals surface area contributed by atoms with Gasteiger partial charge in [-0.25, -0.2) is 0 Å². The van der Waals surface area contributed by atoms with Crippen molar-refractivity contribution in [3.63, 3.8) is 0 Å². The van der Waals surface area contributed by atoms with E-state index in [1.165, 1.54) is 12.8 Å². The van der Waals surface area contributed by atoms with Gasteiger partial charge in [-0.15, -0.1) is 0 Å². The highest BCUT2D eigenvalue weighted by molar-refractivity contribution is 6.32. The monoisotopic (exact) mass is 297 g/mol. The summed E-state index contributed by atoms with van der Waals surface area (Å²) in [5, 5.41) is 9.48. The fourth-order valence-corrected chi connectivity index (χ4v) is 2.67. The average molecular weight is 298 g/mol. The molecule has 106 valence electrons. The van der Waals surface area contributed by atoms with E-state index in [1.807, 2.05) is 30.3 Å². The number of nitrogens with zero attached hydrogens (tertiary/aromatic N) is 2. The molecule has 0 bridgehead atoms. The minimum Gasteiger partial charge on any atom is -0.398 e. The Morgan fingerprint density at radius 3 is 2.62 bits per heavy atom. The normalized spacial score (nSPS) is 13.7.